The highest BCUT2D eigenvalue weighted by molar-refractivity contribution is 5.90. The van der Waals surface area contributed by atoms with Crippen LogP contribution in [0.4, 0.5) is 10.1 Å². The van der Waals surface area contributed by atoms with E-state index in [1.165, 1.54) is 6.07 Å². The summed E-state index contributed by atoms with van der Waals surface area (Å²) < 4.78 is 13.7. The highest BCUT2D eigenvalue weighted by atomic mass is 19.1. The number of carbonyl (C=O) groups excluding carboxylic acids is 1. The molecule has 2 heterocycles. The van der Waals surface area contributed by atoms with Gasteiger partial charge in [-0.2, -0.15) is 5.21 Å². The third-order valence-corrected chi connectivity index (χ3v) is 3.30. The lowest BCUT2D eigenvalue weighted by molar-refractivity contribution is 0.0734. The van der Waals surface area contributed by atoms with E-state index in [4.69, 9.17) is 0 Å². The SMILES string of the molecule is O=C(c1nn[nH]n1)N1CCN(c2ccccc2F)CC1. The van der Waals surface area contributed by atoms with E-state index >= 15 is 0 Å². The van der Waals surface area contributed by atoms with Gasteiger partial charge in [0, 0.05) is 26.2 Å². The number of para-hydroxylation sites is 1. The highest BCUT2D eigenvalue weighted by Crippen LogP contribution is 2.20. The summed E-state index contributed by atoms with van der Waals surface area (Å²) in [5.74, 6) is -0.443. The molecule has 1 saturated heterocycles. The van der Waals surface area contributed by atoms with Crippen molar-refractivity contribution in [1.82, 2.24) is 25.5 Å². The molecule has 0 bridgehead atoms. The van der Waals surface area contributed by atoms with E-state index in [0.717, 1.165) is 0 Å². The molecule has 0 radical (unpaired) electrons. The van der Waals surface area contributed by atoms with Gasteiger partial charge < -0.3 is 9.80 Å². The topological polar surface area (TPSA) is 78.0 Å². The van der Waals surface area contributed by atoms with Crippen molar-refractivity contribution in [2.45, 2.75) is 0 Å². The Morgan fingerprint density at radius 1 is 1.20 bits per heavy atom. The van der Waals surface area contributed by atoms with Crippen molar-refractivity contribution in [3.8, 4) is 0 Å². The molecule has 1 aliphatic rings. The van der Waals surface area contributed by atoms with Gasteiger partial charge in [0.1, 0.15) is 5.82 Å². The molecule has 7 nitrogen and oxygen atoms in total. The number of H-pyrrole nitrogens is 1. The second-order valence-electron chi connectivity index (χ2n) is 4.47. The van der Waals surface area contributed by atoms with Gasteiger partial charge >= 0.3 is 0 Å². The smallest absolute Gasteiger partial charge is 0.295 e. The molecular formula is C12H13FN6O. The highest BCUT2D eigenvalue weighted by Gasteiger charge is 2.25. The predicted octanol–water partition coefficient (Wildman–Crippen LogP) is 0.301. The first-order valence-corrected chi connectivity index (χ1v) is 6.28. The van der Waals surface area contributed by atoms with Gasteiger partial charge in [-0.05, 0) is 17.3 Å². The van der Waals surface area contributed by atoms with Crippen LogP contribution in [0.1, 0.15) is 10.6 Å². The number of aromatic nitrogens is 4. The molecule has 1 aromatic carbocycles. The van der Waals surface area contributed by atoms with Crippen molar-refractivity contribution in [3.05, 3.63) is 35.9 Å². The Balaban J connectivity index is 1.65. The fourth-order valence-electron chi connectivity index (χ4n) is 2.25. The Labute approximate surface area is 114 Å². The number of nitrogens with one attached hydrogen (secondary N) is 1. The number of carbonyl (C=O) groups is 1. The number of hydrogen-bond acceptors (Lipinski definition) is 5. The van der Waals surface area contributed by atoms with E-state index in [0.29, 0.717) is 31.9 Å². The number of amides is 1. The number of anilines is 1. The Kier molecular flexibility index (Phi) is 3.28. The number of nitrogens with zero attached hydrogens (tertiary/aromatic N) is 5. The number of benzene rings is 1. The minimum atomic E-state index is -0.257. The second-order valence-corrected chi connectivity index (χ2v) is 4.47. The van der Waals surface area contributed by atoms with Crippen LogP contribution >= 0.6 is 0 Å². The molecule has 0 unspecified atom stereocenters. The van der Waals surface area contributed by atoms with Crippen LogP contribution in [0, 0.1) is 5.82 Å². The molecule has 0 spiro atoms. The molecule has 1 fully saturated rings. The van der Waals surface area contributed by atoms with E-state index in [2.05, 4.69) is 20.6 Å². The number of aromatic amines is 1. The van der Waals surface area contributed by atoms with Gasteiger partial charge in [0.05, 0.1) is 5.69 Å². The van der Waals surface area contributed by atoms with Crippen LogP contribution in [-0.4, -0.2) is 57.6 Å². The van der Waals surface area contributed by atoms with Crippen molar-refractivity contribution in [3.63, 3.8) is 0 Å². The zero-order valence-electron chi connectivity index (χ0n) is 10.7. The molecule has 2 aromatic rings. The summed E-state index contributed by atoms with van der Waals surface area (Å²) in [6.07, 6.45) is 0. The van der Waals surface area contributed by atoms with E-state index in [-0.39, 0.29) is 17.5 Å². The molecule has 104 valence electrons. The summed E-state index contributed by atoms with van der Waals surface area (Å²) in [5.41, 5.74) is 0.569. The van der Waals surface area contributed by atoms with E-state index < -0.39 is 0 Å². The normalized spacial score (nSPS) is 15.4. The third kappa shape index (κ3) is 2.31. The van der Waals surface area contributed by atoms with Gasteiger partial charge in [0.15, 0.2) is 0 Å². The fraction of sp³-hybridized carbons (Fsp3) is 0.333. The van der Waals surface area contributed by atoms with Crippen molar-refractivity contribution in [1.29, 1.82) is 0 Å². The molecule has 3 rings (SSSR count). The van der Waals surface area contributed by atoms with Crippen LogP contribution in [0.2, 0.25) is 0 Å². The van der Waals surface area contributed by atoms with Gasteiger partial charge in [-0.3, -0.25) is 4.79 Å². The van der Waals surface area contributed by atoms with Crippen LogP contribution in [0.5, 0.6) is 0 Å². The molecule has 1 aliphatic heterocycles. The lowest BCUT2D eigenvalue weighted by Gasteiger charge is -2.35. The first-order valence-electron chi connectivity index (χ1n) is 6.28. The standard InChI is InChI=1S/C12H13FN6O/c13-9-3-1-2-4-10(9)18-5-7-19(8-6-18)12(20)11-14-16-17-15-11/h1-4H,5-8H2,(H,14,15,16,17). The van der Waals surface area contributed by atoms with Crippen LogP contribution < -0.4 is 4.90 Å². The molecular weight excluding hydrogens is 263 g/mol. The Morgan fingerprint density at radius 2 is 1.95 bits per heavy atom. The minimum Gasteiger partial charge on any atom is -0.366 e. The molecule has 0 saturated carbocycles. The van der Waals surface area contributed by atoms with Crippen molar-refractivity contribution >= 4 is 11.6 Å². The molecule has 1 N–H and O–H groups in total. The number of tetrazole rings is 1. The summed E-state index contributed by atoms with van der Waals surface area (Å²) in [6, 6.07) is 6.64. The summed E-state index contributed by atoms with van der Waals surface area (Å²) in [7, 11) is 0. The van der Waals surface area contributed by atoms with Crippen molar-refractivity contribution in [2.24, 2.45) is 0 Å². The fourth-order valence-corrected chi connectivity index (χ4v) is 2.25. The molecule has 1 aromatic heterocycles. The zero-order valence-corrected chi connectivity index (χ0v) is 10.7. The lowest BCUT2D eigenvalue weighted by Crippen LogP contribution is -2.49. The molecule has 20 heavy (non-hydrogen) atoms. The summed E-state index contributed by atoms with van der Waals surface area (Å²) in [5, 5.41) is 13.0. The minimum absolute atomic E-state index is 0.0596. The van der Waals surface area contributed by atoms with Crippen LogP contribution in [-0.2, 0) is 0 Å². The largest absolute Gasteiger partial charge is 0.366 e. The van der Waals surface area contributed by atoms with Gasteiger partial charge in [0.25, 0.3) is 11.7 Å². The Hall–Kier alpha value is -2.51. The quantitative estimate of drug-likeness (QED) is 0.853. The maximum atomic E-state index is 13.7. The van der Waals surface area contributed by atoms with E-state index in [1.54, 1.807) is 23.1 Å². The predicted molar refractivity (Wildman–Crippen MR) is 68.7 cm³/mol. The summed E-state index contributed by atoms with van der Waals surface area (Å²) in [6.45, 7) is 2.15. The summed E-state index contributed by atoms with van der Waals surface area (Å²) in [4.78, 5) is 15.6. The first-order chi connectivity index (χ1) is 9.75. The second kappa shape index (κ2) is 5.24. The average Bonchev–Trinajstić information content (AvgIpc) is 3.01. The lowest BCUT2D eigenvalue weighted by atomic mass is 10.2. The monoisotopic (exact) mass is 276 g/mol. The van der Waals surface area contributed by atoms with Gasteiger partial charge in [-0.15, -0.1) is 10.2 Å². The van der Waals surface area contributed by atoms with Crippen LogP contribution in [0.3, 0.4) is 0 Å². The Morgan fingerprint density at radius 3 is 2.60 bits per heavy atom. The van der Waals surface area contributed by atoms with Gasteiger partial charge in [-0.25, -0.2) is 4.39 Å². The van der Waals surface area contributed by atoms with Crippen molar-refractivity contribution < 1.29 is 9.18 Å². The molecule has 8 heteroatoms. The molecule has 1 amide bonds. The average molecular weight is 276 g/mol. The van der Waals surface area contributed by atoms with Crippen LogP contribution in [0.25, 0.3) is 0 Å². The van der Waals surface area contributed by atoms with Crippen LogP contribution in [0.15, 0.2) is 24.3 Å². The maximum Gasteiger partial charge on any atom is 0.295 e. The van der Waals surface area contributed by atoms with E-state index in [9.17, 15) is 9.18 Å². The van der Waals surface area contributed by atoms with E-state index in [1.807, 2.05) is 4.90 Å². The molecule has 0 atom stereocenters. The maximum absolute atomic E-state index is 13.7. The number of piperazine rings is 1. The number of rotatable bonds is 2. The van der Waals surface area contributed by atoms with Crippen molar-refractivity contribution in [2.75, 3.05) is 31.1 Å². The molecule has 0 aliphatic carbocycles. The van der Waals surface area contributed by atoms with Gasteiger partial charge in [-0.1, -0.05) is 12.1 Å². The zero-order chi connectivity index (χ0) is 13.9. The third-order valence-electron chi connectivity index (χ3n) is 3.30. The first kappa shape index (κ1) is 12.5. The number of halogens is 1. The van der Waals surface area contributed by atoms with Gasteiger partial charge in [0.2, 0.25) is 0 Å². The summed E-state index contributed by atoms with van der Waals surface area (Å²) >= 11 is 0. The number of hydrogen-bond donors (Lipinski definition) is 1. The Bertz CT molecular complexity index is 594.